The molecular formula is C12H9FOS. The van der Waals surface area contributed by atoms with Crippen molar-refractivity contribution in [3.8, 4) is 10.4 Å². The summed E-state index contributed by atoms with van der Waals surface area (Å²) in [6.07, 6.45) is 0.573. The highest BCUT2D eigenvalue weighted by Crippen LogP contribution is 2.31. The molecule has 0 saturated carbocycles. The fourth-order valence-electron chi connectivity index (χ4n) is 1.50. The van der Waals surface area contributed by atoms with Crippen LogP contribution < -0.4 is 0 Å². The molecule has 0 aliphatic carbocycles. The Morgan fingerprint density at radius 3 is 2.73 bits per heavy atom. The molecule has 0 saturated heterocycles. The molecule has 2 aromatic rings. The number of hydrogen-bond donors (Lipinski definition) is 0. The molecule has 1 aromatic carbocycles. The number of benzene rings is 1. The Balaban J connectivity index is 2.68. The van der Waals surface area contributed by atoms with Crippen LogP contribution >= 0.6 is 11.3 Å². The second kappa shape index (κ2) is 3.95. The first-order valence-electron chi connectivity index (χ1n) is 4.52. The zero-order chi connectivity index (χ0) is 10.8. The fraction of sp³-hybridized carbons (Fsp3) is 0.0833. The van der Waals surface area contributed by atoms with Gasteiger partial charge in [0.15, 0.2) is 6.29 Å². The van der Waals surface area contributed by atoms with Crippen molar-refractivity contribution in [1.29, 1.82) is 0 Å². The van der Waals surface area contributed by atoms with Gasteiger partial charge in [0.1, 0.15) is 5.82 Å². The molecule has 15 heavy (non-hydrogen) atoms. The van der Waals surface area contributed by atoms with E-state index in [-0.39, 0.29) is 5.56 Å². The first-order chi connectivity index (χ1) is 7.24. The van der Waals surface area contributed by atoms with E-state index >= 15 is 0 Å². The molecule has 0 aliphatic heterocycles. The van der Waals surface area contributed by atoms with Gasteiger partial charge in [-0.25, -0.2) is 4.39 Å². The van der Waals surface area contributed by atoms with Gasteiger partial charge in [0.25, 0.3) is 0 Å². The molecule has 0 atom stereocenters. The van der Waals surface area contributed by atoms with Crippen molar-refractivity contribution in [2.24, 2.45) is 0 Å². The summed E-state index contributed by atoms with van der Waals surface area (Å²) < 4.78 is 13.3. The van der Waals surface area contributed by atoms with E-state index in [9.17, 15) is 9.18 Å². The minimum absolute atomic E-state index is 0.142. The normalized spacial score (nSPS) is 10.3. The van der Waals surface area contributed by atoms with Gasteiger partial charge in [-0.1, -0.05) is 12.1 Å². The third-order valence-corrected chi connectivity index (χ3v) is 3.33. The number of aryl methyl sites for hydroxylation is 1. The monoisotopic (exact) mass is 220 g/mol. The Bertz CT molecular complexity index is 502. The highest BCUT2D eigenvalue weighted by Gasteiger charge is 2.11. The third-order valence-electron chi connectivity index (χ3n) is 2.28. The van der Waals surface area contributed by atoms with Gasteiger partial charge in [-0.05, 0) is 30.0 Å². The standard InChI is InChI=1S/C12H9FOS/c1-8-5-6-15-12(8)9-3-2-4-11(13)10(9)7-14/h2-7H,1H3. The van der Waals surface area contributed by atoms with Gasteiger partial charge in [0.2, 0.25) is 0 Å². The lowest BCUT2D eigenvalue weighted by Crippen LogP contribution is -1.91. The number of hydrogen-bond acceptors (Lipinski definition) is 2. The van der Waals surface area contributed by atoms with E-state index in [2.05, 4.69) is 0 Å². The molecule has 0 radical (unpaired) electrons. The number of aldehydes is 1. The number of thiophene rings is 1. The molecule has 3 heteroatoms. The van der Waals surface area contributed by atoms with Crippen molar-refractivity contribution >= 4 is 17.6 Å². The number of carbonyl (C=O) groups excluding carboxylic acids is 1. The van der Waals surface area contributed by atoms with Crippen molar-refractivity contribution in [3.63, 3.8) is 0 Å². The van der Waals surface area contributed by atoms with Gasteiger partial charge in [-0.3, -0.25) is 4.79 Å². The summed E-state index contributed by atoms with van der Waals surface area (Å²) >= 11 is 1.52. The largest absolute Gasteiger partial charge is 0.298 e. The summed E-state index contributed by atoms with van der Waals surface area (Å²) in [5, 5.41) is 1.93. The van der Waals surface area contributed by atoms with Crippen molar-refractivity contribution in [1.82, 2.24) is 0 Å². The summed E-state index contributed by atoms with van der Waals surface area (Å²) in [6.45, 7) is 1.95. The number of halogens is 1. The predicted molar refractivity (Wildman–Crippen MR) is 59.8 cm³/mol. The van der Waals surface area contributed by atoms with Crippen LogP contribution in [0.2, 0.25) is 0 Å². The summed E-state index contributed by atoms with van der Waals surface area (Å²) in [4.78, 5) is 11.8. The van der Waals surface area contributed by atoms with E-state index in [1.807, 2.05) is 18.4 Å². The Labute approximate surface area is 91.2 Å². The zero-order valence-electron chi connectivity index (χ0n) is 8.16. The Morgan fingerprint density at radius 1 is 1.33 bits per heavy atom. The van der Waals surface area contributed by atoms with E-state index in [0.29, 0.717) is 11.8 Å². The van der Waals surface area contributed by atoms with Crippen molar-refractivity contribution in [2.45, 2.75) is 6.92 Å². The molecule has 2 rings (SSSR count). The molecule has 0 N–H and O–H groups in total. The molecular weight excluding hydrogens is 211 g/mol. The first-order valence-corrected chi connectivity index (χ1v) is 5.40. The quantitative estimate of drug-likeness (QED) is 0.706. The molecule has 76 valence electrons. The molecule has 1 heterocycles. The highest BCUT2D eigenvalue weighted by atomic mass is 32.1. The van der Waals surface area contributed by atoms with E-state index in [1.165, 1.54) is 17.4 Å². The fourth-order valence-corrected chi connectivity index (χ4v) is 2.47. The second-order valence-electron chi connectivity index (χ2n) is 3.25. The maximum Gasteiger partial charge on any atom is 0.153 e. The number of carbonyl (C=O) groups is 1. The van der Waals surface area contributed by atoms with Crippen LogP contribution in [0.1, 0.15) is 15.9 Å². The molecule has 0 fully saturated rings. The lowest BCUT2D eigenvalue weighted by Gasteiger charge is -2.04. The van der Waals surface area contributed by atoms with Crippen molar-refractivity contribution in [2.75, 3.05) is 0 Å². The van der Waals surface area contributed by atoms with Gasteiger partial charge in [0.05, 0.1) is 5.56 Å². The minimum Gasteiger partial charge on any atom is -0.298 e. The van der Waals surface area contributed by atoms with Crippen LogP contribution in [0.5, 0.6) is 0 Å². The first kappa shape index (κ1) is 10.1. The van der Waals surface area contributed by atoms with Crippen LogP contribution in [-0.2, 0) is 0 Å². The van der Waals surface area contributed by atoms with Crippen molar-refractivity contribution in [3.05, 3.63) is 46.6 Å². The topological polar surface area (TPSA) is 17.1 Å². The van der Waals surface area contributed by atoms with E-state index in [1.54, 1.807) is 12.1 Å². The van der Waals surface area contributed by atoms with Crippen LogP contribution in [0.25, 0.3) is 10.4 Å². The van der Waals surface area contributed by atoms with Gasteiger partial charge < -0.3 is 0 Å². The molecule has 1 nitrogen and oxygen atoms in total. The third kappa shape index (κ3) is 1.70. The predicted octanol–water partition coefficient (Wildman–Crippen LogP) is 3.68. The van der Waals surface area contributed by atoms with E-state index in [0.717, 1.165) is 10.4 Å². The molecule has 0 amide bonds. The van der Waals surface area contributed by atoms with Crippen LogP contribution in [0.15, 0.2) is 29.6 Å². The lowest BCUT2D eigenvalue weighted by molar-refractivity contribution is 0.112. The van der Waals surface area contributed by atoms with Crippen LogP contribution in [0.4, 0.5) is 4.39 Å². The van der Waals surface area contributed by atoms with Gasteiger partial charge in [-0.2, -0.15) is 0 Å². The van der Waals surface area contributed by atoms with E-state index in [4.69, 9.17) is 0 Å². The SMILES string of the molecule is Cc1ccsc1-c1cccc(F)c1C=O. The van der Waals surface area contributed by atoms with Gasteiger partial charge >= 0.3 is 0 Å². The summed E-state index contributed by atoms with van der Waals surface area (Å²) in [7, 11) is 0. The maximum atomic E-state index is 13.3. The van der Waals surface area contributed by atoms with Crippen LogP contribution in [0, 0.1) is 12.7 Å². The Kier molecular flexibility index (Phi) is 2.64. The Hall–Kier alpha value is -1.48. The van der Waals surface area contributed by atoms with Crippen LogP contribution in [0.3, 0.4) is 0 Å². The summed E-state index contributed by atoms with van der Waals surface area (Å²) in [5.41, 5.74) is 1.88. The van der Waals surface area contributed by atoms with Crippen LogP contribution in [-0.4, -0.2) is 6.29 Å². The second-order valence-corrected chi connectivity index (χ2v) is 4.17. The molecule has 0 spiro atoms. The number of rotatable bonds is 2. The van der Waals surface area contributed by atoms with Gasteiger partial charge in [0, 0.05) is 10.4 Å². The van der Waals surface area contributed by atoms with Gasteiger partial charge in [-0.15, -0.1) is 11.3 Å². The average molecular weight is 220 g/mol. The average Bonchev–Trinajstić information content (AvgIpc) is 2.64. The minimum atomic E-state index is -0.463. The molecule has 0 bridgehead atoms. The maximum absolute atomic E-state index is 13.3. The zero-order valence-corrected chi connectivity index (χ0v) is 8.98. The molecule has 1 aromatic heterocycles. The van der Waals surface area contributed by atoms with E-state index < -0.39 is 5.82 Å². The smallest absolute Gasteiger partial charge is 0.153 e. The molecule has 0 aliphatic rings. The lowest BCUT2D eigenvalue weighted by atomic mass is 10.0. The van der Waals surface area contributed by atoms with Crippen molar-refractivity contribution < 1.29 is 9.18 Å². The Morgan fingerprint density at radius 2 is 2.13 bits per heavy atom. The summed E-state index contributed by atoms with van der Waals surface area (Å²) in [6, 6.07) is 6.65. The molecule has 0 unspecified atom stereocenters. The highest BCUT2D eigenvalue weighted by molar-refractivity contribution is 7.13. The summed E-state index contributed by atoms with van der Waals surface area (Å²) in [5.74, 6) is -0.463.